The van der Waals surface area contributed by atoms with Crippen LogP contribution in [0.1, 0.15) is 32.7 Å². The Morgan fingerprint density at radius 2 is 1.50 bits per heavy atom. The molecule has 1 saturated heterocycles. The summed E-state index contributed by atoms with van der Waals surface area (Å²) in [6.45, 7) is 3.93. The van der Waals surface area contributed by atoms with Gasteiger partial charge < -0.3 is 20.4 Å². The first-order chi connectivity index (χ1) is 14.5. The molecule has 0 unspecified atom stereocenters. The van der Waals surface area contributed by atoms with E-state index in [1.54, 1.807) is 24.3 Å². The summed E-state index contributed by atoms with van der Waals surface area (Å²) in [5.41, 5.74) is 2.16. The third-order valence-corrected chi connectivity index (χ3v) is 5.15. The summed E-state index contributed by atoms with van der Waals surface area (Å²) in [5.74, 6) is -0.280. The molecule has 158 valence electrons. The van der Waals surface area contributed by atoms with Crippen molar-refractivity contribution in [2.24, 2.45) is 0 Å². The van der Waals surface area contributed by atoms with Crippen LogP contribution in [0.3, 0.4) is 0 Å². The normalized spacial score (nSPS) is 14.2. The molecule has 0 aromatic heterocycles. The molecule has 1 fully saturated rings. The summed E-state index contributed by atoms with van der Waals surface area (Å²) in [4.78, 5) is 40.6. The summed E-state index contributed by atoms with van der Waals surface area (Å²) in [6, 6.07) is 16.2. The average Bonchev–Trinajstić information content (AvgIpc) is 2.78. The number of nitrogens with zero attached hydrogens (tertiary/aromatic N) is 2. The van der Waals surface area contributed by atoms with Gasteiger partial charge in [0.15, 0.2) is 0 Å². The summed E-state index contributed by atoms with van der Waals surface area (Å²) in [7, 11) is 2.06. The first kappa shape index (κ1) is 21.5. The third-order valence-electron chi connectivity index (χ3n) is 5.15. The van der Waals surface area contributed by atoms with Crippen molar-refractivity contribution >= 4 is 17.7 Å². The van der Waals surface area contributed by atoms with E-state index < -0.39 is 0 Å². The van der Waals surface area contributed by atoms with Crippen LogP contribution in [0.25, 0.3) is 0 Å². The van der Waals surface area contributed by atoms with Crippen LogP contribution in [0.15, 0.2) is 54.6 Å². The van der Waals surface area contributed by atoms with Gasteiger partial charge in [-0.1, -0.05) is 30.3 Å². The van der Waals surface area contributed by atoms with Gasteiger partial charge in [0.2, 0.25) is 5.91 Å². The van der Waals surface area contributed by atoms with E-state index in [1.165, 1.54) is 0 Å². The van der Waals surface area contributed by atoms with Crippen LogP contribution < -0.4 is 10.6 Å². The molecule has 30 heavy (non-hydrogen) atoms. The number of likely N-dealkylation sites (N-methyl/N-ethyl adjacent to an activating group) is 1. The van der Waals surface area contributed by atoms with Crippen molar-refractivity contribution in [1.29, 1.82) is 0 Å². The molecule has 3 amide bonds. The molecule has 0 atom stereocenters. The van der Waals surface area contributed by atoms with E-state index in [1.807, 2.05) is 35.2 Å². The smallest absolute Gasteiger partial charge is 0.253 e. The van der Waals surface area contributed by atoms with Crippen molar-refractivity contribution in [1.82, 2.24) is 20.4 Å². The molecule has 1 heterocycles. The number of amides is 3. The monoisotopic (exact) mass is 408 g/mol. The lowest BCUT2D eigenvalue weighted by molar-refractivity contribution is -0.121. The lowest BCUT2D eigenvalue weighted by Crippen LogP contribution is -2.47. The van der Waals surface area contributed by atoms with Gasteiger partial charge in [0, 0.05) is 56.8 Å². The van der Waals surface area contributed by atoms with Crippen molar-refractivity contribution in [2.75, 3.05) is 39.8 Å². The standard InChI is InChI=1S/C23H28N4O3/c1-26-13-15-27(16-14-26)23(30)20-9-7-18(8-10-20)17-25-21(28)11-12-24-22(29)19-5-3-2-4-6-19/h2-10H,11-17H2,1H3,(H,24,29)(H,25,28). The number of piperazine rings is 1. The maximum atomic E-state index is 12.6. The number of carbonyl (C=O) groups excluding carboxylic acids is 3. The predicted octanol–water partition coefficient (Wildman–Crippen LogP) is 1.51. The Labute approximate surface area is 177 Å². The molecular formula is C23H28N4O3. The molecule has 0 spiro atoms. The van der Waals surface area contributed by atoms with Crippen LogP contribution in [0.4, 0.5) is 0 Å². The minimum Gasteiger partial charge on any atom is -0.352 e. The van der Waals surface area contributed by atoms with E-state index in [9.17, 15) is 14.4 Å². The van der Waals surface area contributed by atoms with Gasteiger partial charge in [-0.15, -0.1) is 0 Å². The maximum Gasteiger partial charge on any atom is 0.253 e. The maximum absolute atomic E-state index is 12.6. The van der Waals surface area contributed by atoms with Crippen LogP contribution in [-0.4, -0.2) is 67.3 Å². The van der Waals surface area contributed by atoms with Crippen LogP contribution >= 0.6 is 0 Å². The molecule has 0 radical (unpaired) electrons. The van der Waals surface area contributed by atoms with E-state index in [0.29, 0.717) is 17.7 Å². The molecule has 0 aliphatic carbocycles. The number of hydrogen-bond acceptors (Lipinski definition) is 4. The van der Waals surface area contributed by atoms with Gasteiger partial charge in [0.1, 0.15) is 0 Å². The Balaban J connectivity index is 1.38. The molecule has 3 rings (SSSR count). The number of rotatable bonds is 7. The van der Waals surface area contributed by atoms with Gasteiger partial charge in [-0.2, -0.15) is 0 Å². The van der Waals surface area contributed by atoms with Crippen molar-refractivity contribution in [3.63, 3.8) is 0 Å². The highest BCUT2D eigenvalue weighted by Gasteiger charge is 2.20. The second-order valence-corrected chi connectivity index (χ2v) is 7.44. The molecule has 7 nitrogen and oxygen atoms in total. The number of hydrogen-bond donors (Lipinski definition) is 2. The zero-order valence-corrected chi connectivity index (χ0v) is 17.3. The Kier molecular flexibility index (Phi) is 7.57. The highest BCUT2D eigenvalue weighted by Crippen LogP contribution is 2.10. The zero-order valence-electron chi connectivity index (χ0n) is 17.3. The van der Waals surface area contributed by atoms with Crippen LogP contribution in [0, 0.1) is 0 Å². The Morgan fingerprint density at radius 3 is 2.17 bits per heavy atom. The molecule has 7 heteroatoms. The lowest BCUT2D eigenvalue weighted by Gasteiger charge is -2.32. The quantitative estimate of drug-likeness (QED) is 0.728. The minimum absolute atomic E-state index is 0.0489. The Bertz CT molecular complexity index is 860. The summed E-state index contributed by atoms with van der Waals surface area (Å²) in [5, 5.41) is 5.58. The summed E-state index contributed by atoms with van der Waals surface area (Å²) in [6.07, 6.45) is 0.207. The van der Waals surface area contributed by atoms with Gasteiger partial charge in [0.25, 0.3) is 11.8 Å². The summed E-state index contributed by atoms with van der Waals surface area (Å²) < 4.78 is 0. The molecule has 2 aromatic carbocycles. The molecule has 2 aromatic rings. The molecule has 1 aliphatic rings. The Hall–Kier alpha value is -3.19. The fourth-order valence-corrected chi connectivity index (χ4v) is 3.23. The summed E-state index contributed by atoms with van der Waals surface area (Å²) >= 11 is 0. The largest absolute Gasteiger partial charge is 0.352 e. The minimum atomic E-state index is -0.191. The van der Waals surface area contributed by atoms with Crippen LogP contribution in [0.2, 0.25) is 0 Å². The van der Waals surface area contributed by atoms with Gasteiger partial charge in [0.05, 0.1) is 0 Å². The molecule has 2 N–H and O–H groups in total. The third kappa shape index (κ3) is 6.15. The van der Waals surface area contributed by atoms with Crippen molar-refractivity contribution in [2.45, 2.75) is 13.0 Å². The number of nitrogens with one attached hydrogen (secondary N) is 2. The molecule has 1 aliphatic heterocycles. The molecule has 0 saturated carbocycles. The Morgan fingerprint density at radius 1 is 0.833 bits per heavy atom. The van der Waals surface area contributed by atoms with E-state index in [0.717, 1.165) is 31.7 Å². The SMILES string of the molecule is CN1CCN(C(=O)c2ccc(CNC(=O)CCNC(=O)c3ccccc3)cc2)CC1. The highest BCUT2D eigenvalue weighted by atomic mass is 16.2. The zero-order chi connectivity index (χ0) is 21.3. The fraction of sp³-hybridized carbons (Fsp3) is 0.348. The molecule has 0 bridgehead atoms. The van der Waals surface area contributed by atoms with E-state index in [4.69, 9.17) is 0 Å². The van der Waals surface area contributed by atoms with Crippen LogP contribution in [0.5, 0.6) is 0 Å². The number of benzene rings is 2. The second kappa shape index (κ2) is 10.5. The van der Waals surface area contributed by atoms with Crippen molar-refractivity contribution in [3.8, 4) is 0 Å². The van der Waals surface area contributed by atoms with E-state index in [-0.39, 0.29) is 30.7 Å². The van der Waals surface area contributed by atoms with Gasteiger partial charge in [-0.3, -0.25) is 14.4 Å². The first-order valence-corrected chi connectivity index (χ1v) is 10.2. The fourth-order valence-electron chi connectivity index (χ4n) is 3.23. The van der Waals surface area contributed by atoms with Crippen molar-refractivity contribution in [3.05, 3.63) is 71.3 Å². The van der Waals surface area contributed by atoms with Gasteiger partial charge >= 0.3 is 0 Å². The van der Waals surface area contributed by atoms with Crippen LogP contribution in [-0.2, 0) is 11.3 Å². The number of carbonyl (C=O) groups is 3. The van der Waals surface area contributed by atoms with Crippen molar-refractivity contribution < 1.29 is 14.4 Å². The predicted molar refractivity (Wildman–Crippen MR) is 115 cm³/mol. The van der Waals surface area contributed by atoms with Gasteiger partial charge in [-0.25, -0.2) is 0 Å². The van der Waals surface area contributed by atoms with E-state index >= 15 is 0 Å². The average molecular weight is 409 g/mol. The second-order valence-electron chi connectivity index (χ2n) is 7.44. The van der Waals surface area contributed by atoms with Gasteiger partial charge in [-0.05, 0) is 36.9 Å². The first-order valence-electron chi connectivity index (χ1n) is 10.2. The topological polar surface area (TPSA) is 81.8 Å². The highest BCUT2D eigenvalue weighted by molar-refractivity contribution is 5.95. The molecular weight excluding hydrogens is 380 g/mol. The lowest BCUT2D eigenvalue weighted by atomic mass is 10.1. The van der Waals surface area contributed by atoms with E-state index in [2.05, 4.69) is 22.6 Å².